The third kappa shape index (κ3) is 6.01. The van der Waals surface area contributed by atoms with Crippen LogP contribution in [0.3, 0.4) is 0 Å². The molecule has 8 heteroatoms. The third-order valence-electron chi connectivity index (χ3n) is 4.19. The number of rotatable bonds is 8. The maximum absolute atomic E-state index is 12.7. The number of halogens is 1. The van der Waals surface area contributed by atoms with E-state index in [0.29, 0.717) is 18.0 Å². The molecule has 0 radical (unpaired) electrons. The van der Waals surface area contributed by atoms with Crippen molar-refractivity contribution in [1.82, 2.24) is 5.32 Å². The summed E-state index contributed by atoms with van der Waals surface area (Å²) in [6.45, 7) is 2.48. The third-order valence-corrected chi connectivity index (χ3v) is 7.06. The van der Waals surface area contributed by atoms with Gasteiger partial charge in [-0.05, 0) is 49.4 Å². The summed E-state index contributed by atoms with van der Waals surface area (Å²) in [5.74, 6) is 0.343. The molecule has 3 aromatic rings. The molecule has 0 fully saturated rings. The molecule has 3 aromatic carbocycles. The first-order valence-corrected chi connectivity index (χ1v) is 12.0. The molecule has 0 unspecified atom stereocenters. The van der Waals surface area contributed by atoms with Crippen molar-refractivity contribution in [2.24, 2.45) is 0 Å². The number of sulfonamides is 1. The van der Waals surface area contributed by atoms with Gasteiger partial charge in [0.2, 0.25) is 0 Å². The number of amides is 1. The van der Waals surface area contributed by atoms with Crippen LogP contribution in [0, 0.1) is 6.92 Å². The van der Waals surface area contributed by atoms with Gasteiger partial charge in [0.15, 0.2) is 0 Å². The standard InChI is InChI=1S/C22H21ClN2O3S2/c1-16-7-10-19(11-8-16)29-14-13-24-22(26)17-9-12-20(23)21(15-17)30(27,28)25-18-5-3-2-4-6-18/h2-12,15,25H,13-14H2,1H3,(H,24,26). The number of thioether (sulfide) groups is 1. The van der Waals surface area contributed by atoms with Crippen LogP contribution in [0.25, 0.3) is 0 Å². The van der Waals surface area contributed by atoms with Gasteiger partial charge >= 0.3 is 0 Å². The zero-order valence-corrected chi connectivity index (χ0v) is 18.7. The van der Waals surface area contributed by atoms with Crippen molar-refractivity contribution in [3.63, 3.8) is 0 Å². The molecule has 5 nitrogen and oxygen atoms in total. The summed E-state index contributed by atoms with van der Waals surface area (Å²) in [5.41, 5.74) is 1.84. The van der Waals surface area contributed by atoms with Crippen LogP contribution in [0.1, 0.15) is 15.9 Å². The van der Waals surface area contributed by atoms with Crippen LogP contribution in [0.4, 0.5) is 5.69 Å². The van der Waals surface area contributed by atoms with E-state index >= 15 is 0 Å². The Kier molecular flexibility index (Phi) is 7.42. The van der Waals surface area contributed by atoms with Gasteiger partial charge in [-0.2, -0.15) is 0 Å². The van der Waals surface area contributed by atoms with E-state index in [1.54, 1.807) is 42.1 Å². The van der Waals surface area contributed by atoms with Crippen LogP contribution in [0.15, 0.2) is 82.6 Å². The number of aryl methyl sites for hydroxylation is 1. The fraction of sp³-hybridized carbons (Fsp3) is 0.136. The van der Waals surface area contributed by atoms with E-state index in [1.165, 1.54) is 23.8 Å². The molecular formula is C22H21ClN2O3S2. The molecule has 0 heterocycles. The monoisotopic (exact) mass is 460 g/mol. The second kappa shape index (κ2) is 10.0. The largest absolute Gasteiger partial charge is 0.351 e. The Morgan fingerprint density at radius 1 is 1.00 bits per heavy atom. The van der Waals surface area contributed by atoms with Crippen molar-refractivity contribution >= 4 is 45.0 Å². The molecule has 156 valence electrons. The van der Waals surface area contributed by atoms with Gasteiger partial charge in [0, 0.05) is 28.4 Å². The molecule has 30 heavy (non-hydrogen) atoms. The Morgan fingerprint density at radius 3 is 2.40 bits per heavy atom. The number of hydrogen-bond donors (Lipinski definition) is 2. The second-order valence-corrected chi connectivity index (χ2v) is 9.76. The first-order chi connectivity index (χ1) is 14.3. The fourth-order valence-corrected chi connectivity index (χ4v) is 4.99. The summed E-state index contributed by atoms with van der Waals surface area (Å²) in [6, 6.07) is 20.9. The summed E-state index contributed by atoms with van der Waals surface area (Å²) in [5, 5.41) is 2.86. The van der Waals surface area contributed by atoms with Crippen LogP contribution in [0.2, 0.25) is 5.02 Å². The highest BCUT2D eigenvalue weighted by Gasteiger charge is 2.20. The molecule has 1 amide bonds. The van der Waals surface area contributed by atoms with E-state index in [4.69, 9.17) is 11.6 Å². The van der Waals surface area contributed by atoms with Gasteiger partial charge in [-0.1, -0.05) is 47.5 Å². The van der Waals surface area contributed by atoms with E-state index in [9.17, 15) is 13.2 Å². The van der Waals surface area contributed by atoms with E-state index in [2.05, 4.69) is 10.0 Å². The minimum atomic E-state index is -3.93. The van der Waals surface area contributed by atoms with Gasteiger partial charge in [-0.3, -0.25) is 9.52 Å². The lowest BCUT2D eigenvalue weighted by atomic mass is 10.2. The van der Waals surface area contributed by atoms with Crippen LogP contribution < -0.4 is 10.0 Å². The molecule has 0 aliphatic rings. The average Bonchev–Trinajstić information content (AvgIpc) is 2.73. The second-order valence-electron chi connectivity index (χ2n) is 6.53. The predicted molar refractivity (Wildman–Crippen MR) is 123 cm³/mol. The lowest BCUT2D eigenvalue weighted by Crippen LogP contribution is -2.26. The summed E-state index contributed by atoms with van der Waals surface area (Å²) in [4.78, 5) is 13.5. The summed E-state index contributed by atoms with van der Waals surface area (Å²) < 4.78 is 27.9. The Labute approximate surface area is 185 Å². The SMILES string of the molecule is Cc1ccc(SCCNC(=O)c2ccc(Cl)c(S(=O)(=O)Nc3ccccc3)c2)cc1. The number of carbonyl (C=O) groups is 1. The molecule has 2 N–H and O–H groups in total. The smallest absolute Gasteiger partial charge is 0.263 e. The summed E-state index contributed by atoms with van der Waals surface area (Å²) in [7, 11) is -3.93. The molecule has 0 atom stereocenters. The number of para-hydroxylation sites is 1. The maximum atomic E-state index is 12.7. The van der Waals surface area contributed by atoms with Crippen molar-refractivity contribution < 1.29 is 13.2 Å². The van der Waals surface area contributed by atoms with Gasteiger partial charge in [0.25, 0.3) is 15.9 Å². The Morgan fingerprint density at radius 2 is 1.70 bits per heavy atom. The van der Waals surface area contributed by atoms with Crippen molar-refractivity contribution in [3.05, 3.63) is 88.9 Å². The molecule has 0 aliphatic carbocycles. The Hall–Kier alpha value is -2.48. The molecule has 0 saturated heterocycles. The molecule has 0 spiro atoms. The van der Waals surface area contributed by atoms with Crippen molar-refractivity contribution in [2.75, 3.05) is 17.0 Å². The van der Waals surface area contributed by atoms with Crippen LogP contribution >= 0.6 is 23.4 Å². The fourth-order valence-electron chi connectivity index (χ4n) is 2.64. The highest BCUT2D eigenvalue weighted by atomic mass is 35.5. The van der Waals surface area contributed by atoms with Gasteiger partial charge < -0.3 is 5.32 Å². The lowest BCUT2D eigenvalue weighted by Gasteiger charge is -2.11. The molecule has 0 saturated carbocycles. The van der Waals surface area contributed by atoms with Crippen LogP contribution in [-0.4, -0.2) is 26.6 Å². The Bertz CT molecular complexity index is 1120. The van der Waals surface area contributed by atoms with E-state index in [1.807, 2.05) is 31.2 Å². The first kappa shape index (κ1) is 22.2. The van der Waals surface area contributed by atoms with Crippen LogP contribution in [0.5, 0.6) is 0 Å². The normalized spacial score (nSPS) is 11.1. The number of carbonyl (C=O) groups excluding carboxylic acids is 1. The number of anilines is 1. The summed E-state index contributed by atoms with van der Waals surface area (Å²) in [6.07, 6.45) is 0. The first-order valence-electron chi connectivity index (χ1n) is 9.20. The quantitative estimate of drug-likeness (QED) is 0.367. The average molecular weight is 461 g/mol. The van der Waals surface area contributed by atoms with Gasteiger partial charge in [-0.25, -0.2) is 8.42 Å². The van der Waals surface area contributed by atoms with E-state index in [0.717, 1.165) is 4.90 Å². The van der Waals surface area contributed by atoms with Gasteiger partial charge in [0.1, 0.15) is 4.90 Å². The lowest BCUT2D eigenvalue weighted by molar-refractivity contribution is 0.0956. The minimum absolute atomic E-state index is 0.0462. The van der Waals surface area contributed by atoms with E-state index < -0.39 is 10.0 Å². The molecule has 0 bridgehead atoms. The number of benzene rings is 3. The molecule has 3 rings (SSSR count). The van der Waals surface area contributed by atoms with Gasteiger partial charge in [-0.15, -0.1) is 11.8 Å². The molecule has 0 aliphatic heterocycles. The number of hydrogen-bond acceptors (Lipinski definition) is 4. The summed E-state index contributed by atoms with van der Waals surface area (Å²) >= 11 is 7.74. The van der Waals surface area contributed by atoms with Crippen molar-refractivity contribution in [1.29, 1.82) is 0 Å². The molecule has 0 aromatic heterocycles. The maximum Gasteiger partial charge on any atom is 0.263 e. The predicted octanol–water partition coefficient (Wildman–Crippen LogP) is 4.97. The van der Waals surface area contributed by atoms with Crippen molar-refractivity contribution in [3.8, 4) is 0 Å². The van der Waals surface area contributed by atoms with E-state index in [-0.39, 0.29) is 21.4 Å². The van der Waals surface area contributed by atoms with Gasteiger partial charge in [0.05, 0.1) is 5.02 Å². The Balaban J connectivity index is 1.63. The van der Waals surface area contributed by atoms with Crippen molar-refractivity contribution in [2.45, 2.75) is 16.7 Å². The topological polar surface area (TPSA) is 75.3 Å². The zero-order valence-electron chi connectivity index (χ0n) is 16.3. The van der Waals surface area contributed by atoms with Crippen LogP contribution in [-0.2, 0) is 10.0 Å². The zero-order chi connectivity index (χ0) is 21.6. The molecular weight excluding hydrogens is 440 g/mol. The highest BCUT2D eigenvalue weighted by molar-refractivity contribution is 7.99. The highest BCUT2D eigenvalue weighted by Crippen LogP contribution is 2.25. The number of nitrogens with one attached hydrogen (secondary N) is 2. The minimum Gasteiger partial charge on any atom is -0.351 e.